The molecule has 1 fully saturated rings. The van der Waals surface area contributed by atoms with E-state index in [2.05, 4.69) is 27.3 Å². The van der Waals surface area contributed by atoms with Gasteiger partial charge in [0.15, 0.2) is 5.65 Å². The summed E-state index contributed by atoms with van der Waals surface area (Å²) in [7, 11) is 3.78. The highest BCUT2D eigenvalue weighted by atomic mass is 16.5. The van der Waals surface area contributed by atoms with Crippen LogP contribution in [0.15, 0.2) is 66.9 Å². The Bertz CT molecular complexity index is 1290. The van der Waals surface area contributed by atoms with Crippen LogP contribution in [0.5, 0.6) is 5.75 Å². The number of rotatable bonds is 7. The molecule has 5 rings (SSSR count). The zero-order valence-corrected chi connectivity index (χ0v) is 20.1. The fraction of sp³-hybridized carbons (Fsp3) is 0.296. The van der Waals surface area contributed by atoms with Gasteiger partial charge in [0.1, 0.15) is 5.75 Å². The van der Waals surface area contributed by atoms with E-state index in [1.165, 1.54) is 0 Å². The summed E-state index contributed by atoms with van der Waals surface area (Å²) < 4.78 is 7.08. The number of hydrogen-bond acceptors (Lipinski definition) is 6. The summed E-state index contributed by atoms with van der Waals surface area (Å²) in [6.45, 7) is 5.60. The third-order valence-corrected chi connectivity index (χ3v) is 6.48. The Labute approximate surface area is 205 Å². The number of likely N-dealkylation sites (N-methyl/N-ethyl adjacent to an activating group) is 1. The fourth-order valence-corrected chi connectivity index (χ4v) is 4.35. The minimum atomic E-state index is -0.117. The van der Waals surface area contributed by atoms with Gasteiger partial charge in [-0.05, 0) is 49.5 Å². The molecule has 0 atom stereocenters. The maximum Gasteiger partial charge on any atom is 0.252 e. The lowest BCUT2D eigenvalue weighted by Gasteiger charge is -2.32. The highest BCUT2D eigenvalue weighted by Crippen LogP contribution is 2.27. The van der Waals surface area contributed by atoms with Gasteiger partial charge in [-0.3, -0.25) is 9.69 Å². The molecule has 0 unspecified atom stereocenters. The van der Waals surface area contributed by atoms with E-state index >= 15 is 0 Å². The van der Waals surface area contributed by atoms with E-state index in [9.17, 15) is 4.79 Å². The molecule has 8 nitrogen and oxygen atoms in total. The molecule has 1 saturated heterocycles. The minimum absolute atomic E-state index is 0.117. The third-order valence-electron chi connectivity index (χ3n) is 6.48. The van der Waals surface area contributed by atoms with E-state index in [0.717, 1.165) is 55.1 Å². The summed E-state index contributed by atoms with van der Waals surface area (Å²) in [5.74, 6) is 0.653. The molecule has 1 amide bonds. The molecular weight excluding hydrogens is 440 g/mol. The van der Waals surface area contributed by atoms with Gasteiger partial charge in [0.05, 0.1) is 35.6 Å². The maximum absolute atomic E-state index is 13.4. The number of fused-ring (bicyclic) bond motifs is 1. The monoisotopic (exact) mass is 470 g/mol. The second kappa shape index (κ2) is 10.2. The second-order valence-electron chi connectivity index (χ2n) is 8.81. The van der Waals surface area contributed by atoms with Crippen LogP contribution in [0.25, 0.3) is 28.0 Å². The number of aromatic nitrogens is 3. The zero-order valence-electron chi connectivity index (χ0n) is 20.1. The van der Waals surface area contributed by atoms with Gasteiger partial charge in [-0.15, -0.1) is 0 Å². The number of para-hydroxylation sites is 1. The van der Waals surface area contributed by atoms with E-state index in [1.807, 2.05) is 60.7 Å². The van der Waals surface area contributed by atoms with Crippen LogP contribution in [0, 0.1) is 0 Å². The molecule has 1 aliphatic heterocycles. The number of amides is 1. The second-order valence-corrected chi connectivity index (χ2v) is 8.81. The van der Waals surface area contributed by atoms with Gasteiger partial charge in [-0.25, -0.2) is 9.67 Å². The standard InChI is InChI=1S/C27H30N6O2/c1-31-14-16-32(17-15-31)13-12-28-27(34)23-18-25(20-8-10-22(35-2)11-9-20)30-26-24(23)19-29-33(26)21-6-4-3-5-7-21/h3-11,18-19H,12-17H2,1-2H3,(H,28,34). The molecule has 35 heavy (non-hydrogen) atoms. The number of methoxy groups -OCH3 is 1. The van der Waals surface area contributed by atoms with Gasteiger partial charge in [-0.1, -0.05) is 18.2 Å². The first-order chi connectivity index (χ1) is 17.1. The first kappa shape index (κ1) is 23.0. The Balaban J connectivity index is 1.46. The Morgan fingerprint density at radius 3 is 2.49 bits per heavy atom. The van der Waals surface area contributed by atoms with E-state index in [1.54, 1.807) is 18.0 Å². The molecule has 0 aliphatic carbocycles. The Hall–Kier alpha value is -3.75. The van der Waals surface area contributed by atoms with Crippen LogP contribution in [0.3, 0.4) is 0 Å². The van der Waals surface area contributed by atoms with Crippen molar-refractivity contribution in [2.45, 2.75) is 0 Å². The summed E-state index contributed by atoms with van der Waals surface area (Å²) in [4.78, 5) is 23.0. The van der Waals surface area contributed by atoms with Crippen LogP contribution < -0.4 is 10.1 Å². The predicted octanol–water partition coefficient (Wildman–Crippen LogP) is 3.07. The van der Waals surface area contributed by atoms with Gasteiger partial charge in [0, 0.05) is 44.8 Å². The SMILES string of the molecule is COc1ccc(-c2cc(C(=O)NCCN3CCN(C)CC3)c3cnn(-c4ccccc4)c3n2)cc1. The molecule has 180 valence electrons. The van der Waals surface area contributed by atoms with E-state index in [4.69, 9.17) is 9.72 Å². The Morgan fingerprint density at radius 1 is 1.03 bits per heavy atom. The fourth-order valence-electron chi connectivity index (χ4n) is 4.35. The van der Waals surface area contributed by atoms with Gasteiger partial charge < -0.3 is 15.0 Å². The Kier molecular flexibility index (Phi) is 6.74. The summed E-state index contributed by atoms with van der Waals surface area (Å²) in [6.07, 6.45) is 1.72. The highest BCUT2D eigenvalue weighted by Gasteiger charge is 2.19. The molecule has 4 aromatic rings. The molecule has 3 heterocycles. The molecule has 1 N–H and O–H groups in total. The van der Waals surface area contributed by atoms with E-state index in [0.29, 0.717) is 23.4 Å². The lowest BCUT2D eigenvalue weighted by molar-refractivity contribution is 0.0942. The van der Waals surface area contributed by atoms with Crippen LogP contribution >= 0.6 is 0 Å². The molecule has 0 bridgehead atoms. The minimum Gasteiger partial charge on any atom is -0.497 e. The molecule has 2 aromatic carbocycles. The van der Waals surface area contributed by atoms with Crippen molar-refractivity contribution in [2.24, 2.45) is 0 Å². The topological polar surface area (TPSA) is 75.5 Å². The molecule has 0 saturated carbocycles. The van der Waals surface area contributed by atoms with Crippen LogP contribution in [-0.2, 0) is 0 Å². The highest BCUT2D eigenvalue weighted by molar-refractivity contribution is 6.06. The maximum atomic E-state index is 13.4. The zero-order chi connectivity index (χ0) is 24.2. The smallest absolute Gasteiger partial charge is 0.252 e. The lowest BCUT2D eigenvalue weighted by Crippen LogP contribution is -2.46. The number of pyridine rings is 1. The molecule has 2 aromatic heterocycles. The summed E-state index contributed by atoms with van der Waals surface area (Å²) in [5, 5.41) is 8.41. The summed E-state index contributed by atoms with van der Waals surface area (Å²) in [6, 6.07) is 19.4. The number of ether oxygens (including phenoxy) is 1. The van der Waals surface area contributed by atoms with Crippen LogP contribution in [0.4, 0.5) is 0 Å². The van der Waals surface area contributed by atoms with Crippen molar-refractivity contribution in [1.29, 1.82) is 0 Å². The van der Waals surface area contributed by atoms with Crippen LogP contribution in [-0.4, -0.2) is 83.9 Å². The molecule has 0 radical (unpaired) electrons. The van der Waals surface area contributed by atoms with Crippen molar-refractivity contribution in [3.63, 3.8) is 0 Å². The van der Waals surface area contributed by atoms with E-state index in [-0.39, 0.29) is 5.91 Å². The average Bonchev–Trinajstić information content (AvgIpc) is 3.34. The third kappa shape index (κ3) is 5.03. The number of piperazine rings is 1. The van der Waals surface area contributed by atoms with Crippen molar-refractivity contribution >= 4 is 16.9 Å². The quantitative estimate of drug-likeness (QED) is 0.448. The summed E-state index contributed by atoms with van der Waals surface area (Å²) in [5.41, 5.74) is 3.72. The van der Waals surface area contributed by atoms with Gasteiger partial charge in [0.25, 0.3) is 5.91 Å². The number of hydrogen-bond donors (Lipinski definition) is 1. The predicted molar refractivity (Wildman–Crippen MR) is 137 cm³/mol. The number of nitrogens with one attached hydrogen (secondary N) is 1. The molecule has 8 heteroatoms. The largest absolute Gasteiger partial charge is 0.497 e. The van der Waals surface area contributed by atoms with Crippen molar-refractivity contribution in [2.75, 3.05) is 53.4 Å². The molecular formula is C27H30N6O2. The lowest BCUT2D eigenvalue weighted by atomic mass is 10.1. The Morgan fingerprint density at radius 2 is 1.77 bits per heavy atom. The van der Waals surface area contributed by atoms with Crippen molar-refractivity contribution in [3.05, 3.63) is 72.4 Å². The van der Waals surface area contributed by atoms with Crippen LogP contribution in [0.2, 0.25) is 0 Å². The van der Waals surface area contributed by atoms with E-state index < -0.39 is 0 Å². The first-order valence-electron chi connectivity index (χ1n) is 11.9. The van der Waals surface area contributed by atoms with Gasteiger partial charge in [0.2, 0.25) is 0 Å². The normalized spacial score (nSPS) is 14.8. The average molecular weight is 471 g/mol. The van der Waals surface area contributed by atoms with Gasteiger partial charge in [-0.2, -0.15) is 5.10 Å². The van der Waals surface area contributed by atoms with Crippen molar-refractivity contribution in [1.82, 2.24) is 29.9 Å². The van der Waals surface area contributed by atoms with Crippen molar-refractivity contribution < 1.29 is 9.53 Å². The number of carbonyl (C=O) groups excluding carboxylic acids is 1. The number of nitrogens with zero attached hydrogens (tertiary/aromatic N) is 5. The van der Waals surface area contributed by atoms with Crippen LogP contribution in [0.1, 0.15) is 10.4 Å². The number of benzene rings is 2. The molecule has 1 aliphatic rings. The first-order valence-corrected chi connectivity index (χ1v) is 11.9. The summed E-state index contributed by atoms with van der Waals surface area (Å²) >= 11 is 0. The number of carbonyl (C=O) groups is 1. The van der Waals surface area contributed by atoms with Gasteiger partial charge >= 0.3 is 0 Å². The van der Waals surface area contributed by atoms with Crippen molar-refractivity contribution in [3.8, 4) is 22.7 Å². The molecule has 0 spiro atoms.